The fourth-order valence-corrected chi connectivity index (χ4v) is 5.44. The number of halogens is 1. The van der Waals surface area contributed by atoms with Crippen molar-refractivity contribution in [3.63, 3.8) is 0 Å². The maximum Gasteiger partial charge on any atom is 0.269 e. The molecule has 3 aromatic rings. The van der Waals surface area contributed by atoms with E-state index in [2.05, 4.69) is 10.3 Å². The SMILES string of the molecule is CN1C[C@H](c2cccc([N+](=O)[O-])c2)[C@@H](C(=O)c2cccnc2)[C@]12C(=O)Nc1ccc(Cl)cc12. The van der Waals surface area contributed by atoms with Gasteiger partial charge in [0.05, 0.1) is 10.8 Å². The van der Waals surface area contributed by atoms with Gasteiger partial charge in [-0.05, 0) is 42.9 Å². The van der Waals surface area contributed by atoms with E-state index >= 15 is 0 Å². The predicted octanol–water partition coefficient (Wildman–Crippen LogP) is 4.02. The predicted molar refractivity (Wildman–Crippen MR) is 122 cm³/mol. The first-order valence-electron chi connectivity index (χ1n) is 10.4. The minimum absolute atomic E-state index is 0.0667. The van der Waals surface area contributed by atoms with Crippen LogP contribution in [0.25, 0.3) is 0 Å². The molecule has 1 aromatic heterocycles. The van der Waals surface area contributed by atoms with Crippen molar-refractivity contribution in [3.8, 4) is 0 Å². The summed E-state index contributed by atoms with van der Waals surface area (Å²) in [6, 6.07) is 14.7. The molecule has 0 aliphatic carbocycles. The van der Waals surface area contributed by atoms with Crippen LogP contribution in [-0.2, 0) is 10.3 Å². The van der Waals surface area contributed by atoms with Gasteiger partial charge < -0.3 is 5.32 Å². The number of rotatable bonds is 4. The minimum atomic E-state index is -1.32. The number of amides is 1. The number of anilines is 1. The van der Waals surface area contributed by atoms with Crippen LogP contribution in [0, 0.1) is 16.0 Å². The summed E-state index contributed by atoms with van der Waals surface area (Å²) >= 11 is 6.31. The van der Waals surface area contributed by atoms with Gasteiger partial charge in [-0.1, -0.05) is 23.7 Å². The summed E-state index contributed by atoms with van der Waals surface area (Å²) in [4.78, 5) is 44.5. The number of benzene rings is 2. The number of carbonyl (C=O) groups excluding carboxylic acids is 2. The van der Waals surface area contributed by atoms with Gasteiger partial charge in [-0.2, -0.15) is 0 Å². The van der Waals surface area contributed by atoms with Gasteiger partial charge in [0.1, 0.15) is 5.54 Å². The number of ketones is 1. The van der Waals surface area contributed by atoms with Gasteiger partial charge in [0, 0.05) is 58.8 Å². The Morgan fingerprint density at radius 1 is 1.24 bits per heavy atom. The van der Waals surface area contributed by atoms with Crippen LogP contribution in [0.4, 0.5) is 11.4 Å². The number of likely N-dealkylation sites (N-methyl/N-ethyl adjacent to an activating group) is 1. The van der Waals surface area contributed by atoms with Gasteiger partial charge in [-0.25, -0.2) is 0 Å². The van der Waals surface area contributed by atoms with Crippen molar-refractivity contribution < 1.29 is 14.5 Å². The molecule has 2 aliphatic rings. The molecule has 0 saturated carbocycles. The second-order valence-corrected chi connectivity index (χ2v) is 8.77. The number of nitrogens with one attached hydrogen (secondary N) is 1. The van der Waals surface area contributed by atoms with Crippen molar-refractivity contribution in [1.82, 2.24) is 9.88 Å². The number of aromatic nitrogens is 1. The lowest BCUT2D eigenvalue weighted by atomic mass is 9.70. The Hall–Kier alpha value is -3.62. The lowest BCUT2D eigenvalue weighted by Gasteiger charge is -2.35. The Balaban J connectivity index is 1.74. The summed E-state index contributed by atoms with van der Waals surface area (Å²) in [6.07, 6.45) is 3.05. The third-order valence-electron chi connectivity index (χ3n) is 6.65. The Morgan fingerprint density at radius 2 is 2.06 bits per heavy atom. The number of fused-ring (bicyclic) bond motifs is 2. The Labute approximate surface area is 194 Å². The molecule has 33 heavy (non-hydrogen) atoms. The van der Waals surface area contributed by atoms with Gasteiger partial charge >= 0.3 is 0 Å². The molecule has 1 N–H and O–H groups in total. The number of carbonyl (C=O) groups is 2. The molecule has 1 amide bonds. The number of pyridine rings is 1. The molecular weight excluding hydrogens is 444 g/mol. The van der Waals surface area contributed by atoms with Gasteiger partial charge in [0.25, 0.3) is 5.69 Å². The molecule has 0 bridgehead atoms. The molecule has 5 rings (SSSR count). The van der Waals surface area contributed by atoms with E-state index in [0.29, 0.717) is 33.9 Å². The molecule has 2 aliphatic heterocycles. The first kappa shape index (κ1) is 21.2. The third kappa shape index (κ3) is 3.13. The number of non-ortho nitro benzene ring substituents is 1. The van der Waals surface area contributed by atoms with Crippen molar-refractivity contribution in [2.75, 3.05) is 18.9 Å². The molecule has 1 saturated heterocycles. The van der Waals surface area contributed by atoms with E-state index in [1.165, 1.54) is 18.3 Å². The van der Waals surface area contributed by atoms with E-state index in [1.54, 1.807) is 55.7 Å². The summed E-state index contributed by atoms with van der Waals surface area (Å²) in [7, 11) is 1.79. The highest BCUT2D eigenvalue weighted by molar-refractivity contribution is 6.31. The average molecular weight is 463 g/mol. The average Bonchev–Trinajstić information content (AvgIpc) is 3.29. The van der Waals surface area contributed by atoms with E-state index in [0.717, 1.165) is 0 Å². The molecule has 3 heterocycles. The number of hydrogen-bond acceptors (Lipinski definition) is 6. The molecule has 166 valence electrons. The van der Waals surface area contributed by atoms with E-state index in [4.69, 9.17) is 11.6 Å². The van der Waals surface area contributed by atoms with Crippen molar-refractivity contribution in [2.45, 2.75) is 11.5 Å². The van der Waals surface area contributed by atoms with Gasteiger partial charge in [-0.3, -0.25) is 29.6 Å². The van der Waals surface area contributed by atoms with Crippen molar-refractivity contribution >= 4 is 34.7 Å². The molecule has 9 heteroatoms. The summed E-state index contributed by atoms with van der Waals surface area (Å²) < 4.78 is 0. The molecule has 0 unspecified atom stereocenters. The number of nitro benzene ring substituents is 1. The maximum atomic E-state index is 14.0. The maximum absolute atomic E-state index is 14.0. The van der Waals surface area contributed by atoms with Crippen LogP contribution < -0.4 is 5.32 Å². The van der Waals surface area contributed by atoms with Crippen molar-refractivity contribution in [3.05, 3.63) is 98.8 Å². The first-order valence-corrected chi connectivity index (χ1v) is 10.7. The smallest absolute Gasteiger partial charge is 0.269 e. The molecule has 2 aromatic carbocycles. The van der Waals surface area contributed by atoms with Crippen LogP contribution in [-0.4, -0.2) is 40.1 Å². The van der Waals surface area contributed by atoms with E-state index in [9.17, 15) is 19.7 Å². The standard InChI is InChI=1S/C24H19ClN4O4/c1-28-13-18(14-4-2-6-17(10-14)29(32)33)21(22(30)15-5-3-9-26-12-15)24(28)19-11-16(25)7-8-20(19)27-23(24)31/h2-12,18,21H,13H2,1H3,(H,27,31)/t18-,21+,24-/m1/s1. The normalized spacial score (nSPS) is 24.0. The fraction of sp³-hybridized carbons (Fsp3) is 0.208. The van der Waals surface area contributed by atoms with Gasteiger partial charge in [0.2, 0.25) is 5.91 Å². The minimum Gasteiger partial charge on any atom is -0.324 e. The Kier molecular flexibility index (Phi) is 4.99. The topological polar surface area (TPSA) is 105 Å². The summed E-state index contributed by atoms with van der Waals surface area (Å²) in [6.45, 7) is 0.344. The van der Waals surface area contributed by atoms with Gasteiger partial charge in [-0.15, -0.1) is 0 Å². The number of nitrogens with zero attached hydrogens (tertiary/aromatic N) is 3. The lowest BCUT2D eigenvalue weighted by Crippen LogP contribution is -2.51. The van der Waals surface area contributed by atoms with Crippen LogP contribution in [0.3, 0.4) is 0 Å². The number of hydrogen-bond donors (Lipinski definition) is 1. The Morgan fingerprint density at radius 3 is 2.79 bits per heavy atom. The second kappa shape index (κ2) is 7.75. The van der Waals surface area contributed by atoms with E-state index < -0.39 is 22.3 Å². The summed E-state index contributed by atoms with van der Waals surface area (Å²) in [5.74, 6) is -1.91. The number of Topliss-reactive ketones (excluding diaryl/α,β-unsaturated/α-hetero) is 1. The highest BCUT2D eigenvalue weighted by atomic mass is 35.5. The molecule has 1 fully saturated rings. The van der Waals surface area contributed by atoms with Crippen molar-refractivity contribution in [2.24, 2.45) is 5.92 Å². The highest BCUT2D eigenvalue weighted by Gasteiger charge is 2.64. The number of likely N-dealkylation sites (tertiary alicyclic amines) is 1. The van der Waals surface area contributed by atoms with Crippen LogP contribution in [0.5, 0.6) is 0 Å². The monoisotopic (exact) mass is 462 g/mol. The van der Waals surface area contributed by atoms with E-state index in [-0.39, 0.29) is 17.4 Å². The second-order valence-electron chi connectivity index (χ2n) is 8.33. The van der Waals surface area contributed by atoms with Crippen LogP contribution in [0.1, 0.15) is 27.4 Å². The lowest BCUT2D eigenvalue weighted by molar-refractivity contribution is -0.384. The molecule has 0 radical (unpaired) electrons. The molecule has 1 spiro atoms. The van der Waals surface area contributed by atoms with Crippen molar-refractivity contribution in [1.29, 1.82) is 0 Å². The molecular formula is C24H19ClN4O4. The van der Waals surface area contributed by atoms with Gasteiger partial charge in [0.15, 0.2) is 5.78 Å². The van der Waals surface area contributed by atoms with Crippen LogP contribution >= 0.6 is 11.6 Å². The summed E-state index contributed by atoms with van der Waals surface area (Å²) in [5, 5.41) is 14.8. The van der Waals surface area contributed by atoms with Crippen LogP contribution in [0.2, 0.25) is 5.02 Å². The zero-order chi connectivity index (χ0) is 23.3. The van der Waals surface area contributed by atoms with E-state index in [1.807, 2.05) is 4.90 Å². The number of nitro groups is 1. The highest BCUT2D eigenvalue weighted by Crippen LogP contribution is 2.56. The molecule has 8 nitrogen and oxygen atoms in total. The third-order valence-corrected chi connectivity index (χ3v) is 6.88. The summed E-state index contributed by atoms with van der Waals surface area (Å²) in [5.41, 5.74) is 0.831. The molecule has 3 atom stereocenters. The fourth-order valence-electron chi connectivity index (χ4n) is 5.27. The van der Waals surface area contributed by atoms with Crippen LogP contribution in [0.15, 0.2) is 67.0 Å². The first-order chi connectivity index (χ1) is 15.8. The zero-order valence-electron chi connectivity index (χ0n) is 17.6. The zero-order valence-corrected chi connectivity index (χ0v) is 18.3. The Bertz CT molecular complexity index is 1300. The quantitative estimate of drug-likeness (QED) is 0.356. The largest absolute Gasteiger partial charge is 0.324 e.